The highest BCUT2D eigenvalue weighted by atomic mass is 79.9. The molecular formula is C13H11BrCl2N2O. The van der Waals surface area contributed by atoms with Crippen LogP contribution in [0.5, 0.6) is 0 Å². The van der Waals surface area contributed by atoms with E-state index in [1.165, 1.54) is 12.8 Å². The fourth-order valence-electron chi connectivity index (χ4n) is 2.52. The summed E-state index contributed by atoms with van der Waals surface area (Å²) in [5, 5.41) is 0.871. The van der Waals surface area contributed by atoms with Crippen molar-refractivity contribution in [3.63, 3.8) is 0 Å². The zero-order chi connectivity index (χ0) is 13.4. The number of nitrogens with zero attached hydrogens (tertiary/aromatic N) is 2. The Morgan fingerprint density at radius 2 is 1.79 bits per heavy atom. The molecular weight excluding hydrogens is 351 g/mol. The summed E-state index contributed by atoms with van der Waals surface area (Å²) in [5.74, 6) is 1.34. The Labute approximate surface area is 129 Å². The van der Waals surface area contributed by atoms with E-state index in [1.54, 1.807) is 12.3 Å². The van der Waals surface area contributed by atoms with Gasteiger partial charge in [0.25, 0.3) is 0 Å². The molecule has 6 heteroatoms. The molecule has 0 saturated heterocycles. The molecule has 2 aromatic rings. The molecule has 0 aromatic carbocycles. The van der Waals surface area contributed by atoms with Crippen LogP contribution in [-0.4, -0.2) is 9.97 Å². The minimum atomic E-state index is 0.383. The molecule has 19 heavy (non-hydrogen) atoms. The smallest absolute Gasteiger partial charge is 0.199 e. The first-order valence-corrected chi connectivity index (χ1v) is 7.68. The third-order valence-corrected chi connectivity index (χ3v) is 4.64. The van der Waals surface area contributed by atoms with Crippen molar-refractivity contribution in [2.75, 3.05) is 0 Å². The van der Waals surface area contributed by atoms with Gasteiger partial charge in [-0.25, -0.2) is 9.97 Å². The van der Waals surface area contributed by atoms with E-state index < -0.39 is 0 Å². The van der Waals surface area contributed by atoms with Gasteiger partial charge in [0.05, 0.1) is 10.7 Å². The van der Waals surface area contributed by atoms with Crippen LogP contribution in [0.15, 0.2) is 21.2 Å². The molecule has 100 valence electrons. The second-order valence-electron chi connectivity index (χ2n) is 4.62. The van der Waals surface area contributed by atoms with Gasteiger partial charge in [-0.3, -0.25) is 0 Å². The van der Waals surface area contributed by atoms with E-state index in [4.69, 9.17) is 27.6 Å². The minimum absolute atomic E-state index is 0.383. The maximum absolute atomic E-state index is 6.29. The molecule has 3 nitrogen and oxygen atoms in total. The highest BCUT2D eigenvalue weighted by Crippen LogP contribution is 2.41. The molecule has 1 aliphatic carbocycles. The minimum Gasteiger partial charge on any atom is -0.460 e. The van der Waals surface area contributed by atoms with Crippen molar-refractivity contribution < 1.29 is 4.42 Å². The SMILES string of the molecule is Clc1nc(-c2occc2Br)nc(Cl)c1C1CCCC1. The van der Waals surface area contributed by atoms with Gasteiger partial charge in [-0.05, 0) is 40.8 Å². The normalized spacial score (nSPS) is 16.2. The predicted molar refractivity (Wildman–Crippen MR) is 78.7 cm³/mol. The lowest BCUT2D eigenvalue weighted by Crippen LogP contribution is -2.01. The maximum Gasteiger partial charge on any atom is 0.199 e. The van der Waals surface area contributed by atoms with E-state index in [1.807, 2.05) is 0 Å². The average Bonchev–Trinajstić information content (AvgIpc) is 2.99. The van der Waals surface area contributed by atoms with Gasteiger partial charge in [0.15, 0.2) is 11.6 Å². The van der Waals surface area contributed by atoms with Gasteiger partial charge in [0, 0.05) is 5.56 Å². The fourth-order valence-corrected chi connectivity index (χ4v) is 3.60. The van der Waals surface area contributed by atoms with E-state index in [9.17, 15) is 0 Å². The summed E-state index contributed by atoms with van der Waals surface area (Å²) in [6, 6.07) is 1.78. The molecule has 1 aliphatic rings. The maximum atomic E-state index is 6.29. The largest absolute Gasteiger partial charge is 0.460 e. The third-order valence-electron chi connectivity index (χ3n) is 3.44. The predicted octanol–water partition coefficient (Wildman–Crippen LogP) is 5.46. The Balaban J connectivity index is 2.05. The summed E-state index contributed by atoms with van der Waals surface area (Å²) >= 11 is 16.0. The topological polar surface area (TPSA) is 38.9 Å². The van der Waals surface area contributed by atoms with Crippen molar-refractivity contribution in [3.05, 3.63) is 32.7 Å². The van der Waals surface area contributed by atoms with Crippen LogP contribution < -0.4 is 0 Å². The fraction of sp³-hybridized carbons (Fsp3) is 0.385. The first kappa shape index (κ1) is 13.4. The molecule has 0 aliphatic heterocycles. The van der Waals surface area contributed by atoms with Crippen LogP contribution in [0.25, 0.3) is 11.6 Å². The van der Waals surface area contributed by atoms with Crippen molar-refractivity contribution in [1.29, 1.82) is 0 Å². The number of halogens is 3. The van der Waals surface area contributed by atoms with E-state index in [2.05, 4.69) is 25.9 Å². The molecule has 0 N–H and O–H groups in total. The molecule has 0 bridgehead atoms. The van der Waals surface area contributed by atoms with Gasteiger partial charge < -0.3 is 4.42 Å². The second-order valence-corrected chi connectivity index (χ2v) is 6.19. The molecule has 2 aromatic heterocycles. The highest BCUT2D eigenvalue weighted by Gasteiger charge is 2.25. The highest BCUT2D eigenvalue weighted by molar-refractivity contribution is 9.10. The van der Waals surface area contributed by atoms with E-state index in [0.717, 1.165) is 22.9 Å². The standard InChI is InChI=1S/C13H11BrCl2N2O/c14-8-5-6-19-10(8)13-17-11(15)9(12(16)18-13)7-3-1-2-4-7/h5-7H,1-4H2. The summed E-state index contributed by atoms with van der Waals surface area (Å²) in [6.07, 6.45) is 6.19. The number of hydrogen-bond donors (Lipinski definition) is 0. The van der Waals surface area contributed by atoms with Crippen LogP contribution >= 0.6 is 39.1 Å². The van der Waals surface area contributed by atoms with Gasteiger partial charge in [-0.15, -0.1) is 0 Å². The summed E-state index contributed by atoms with van der Waals surface area (Å²) in [5.41, 5.74) is 0.882. The molecule has 0 spiro atoms. The number of furan rings is 1. The monoisotopic (exact) mass is 360 g/mol. The van der Waals surface area contributed by atoms with Gasteiger partial charge >= 0.3 is 0 Å². The van der Waals surface area contributed by atoms with Crippen molar-refractivity contribution in [3.8, 4) is 11.6 Å². The lowest BCUT2D eigenvalue weighted by Gasteiger charge is -2.13. The molecule has 2 heterocycles. The quantitative estimate of drug-likeness (QED) is 0.666. The summed E-state index contributed by atoms with van der Waals surface area (Å²) < 4.78 is 6.12. The summed E-state index contributed by atoms with van der Waals surface area (Å²) in [6.45, 7) is 0. The Morgan fingerprint density at radius 3 is 2.32 bits per heavy atom. The first-order valence-electron chi connectivity index (χ1n) is 6.13. The second kappa shape index (κ2) is 5.43. The average molecular weight is 362 g/mol. The van der Waals surface area contributed by atoms with E-state index in [-0.39, 0.29) is 0 Å². The molecule has 0 atom stereocenters. The van der Waals surface area contributed by atoms with Crippen molar-refractivity contribution in [2.45, 2.75) is 31.6 Å². The van der Waals surface area contributed by atoms with E-state index >= 15 is 0 Å². The van der Waals surface area contributed by atoms with Gasteiger partial charge in [-0.2, -0.15) is 0 Å². The van der Waals surface area contributed by atoms with Crippen LogP contribution in [0.3, 0.4) is 0 Å². The van der Waals surface area contributed by atoms with Crippen LogP contribution in [0.4, 0.5) is 0 Å². The molecule has 0 radical (unpaired) electrons. The molecule has 0 amide bonds. The molecule has 0 unspecified atom stereocenters. The summed E-state index contributed by atoms with van der Waals surface area (Å²) in [4.78, 5) is 8.66. The van der Waals surface area contributed by atoms with Crippen molar-refractivity contribution in [1.82, 2.24) is 9.97 Å². The Bertz CT molecular complexity index is 585. The van der Waals surface area contributed by atoms with Crippen molar-refractivity contribution >= 4 is 39.1 Å². The van der Waals surface area contributed by atoms with Crippen LogP contribution in [0.2, 0.25) is 10.3 Å². The number of rotatable bonds is 2. The van der Waals surface area contributed by atoms with Gasteiger partial charge in [-0.1, -0.05) is 36.0 Å². The van der Waals surface area contributed by atoms with Crippen molar-refractivity contribution in [2.24, 2.45) is 0 Å². The van der Waals surface area contributed by atoms with Crippen LogP contribution in [0.1, 0.15) is 37.2 Å². The van der Waals surface area contributed by atoms with Crippen LogP contribution in [0, 0.1) is 0 Å². The molecule has 3 rings (SSSR count). The lowest BCUT2D eigenvalue weighted by molar-refractivity contribution is 0.575. The van der Waals surface area contributed by atoms with E-state index in [0.29, 0.717) is 27.8 Å². The van der Waals surface area contributed by atoms with Gasteiger partial charge in [0.1, 0.15) is 10.3 Å². The Morgan fingerprint density at radius 1 is 1.16 bits per heavy atom. The van der Waals surface area contributed by atoms with Gasteiger partial charge in [0.2, 0.25) is 0 Å². The molecule has 1 saturated carbocycles. The van der Waals surface area contributed by atoms with Crippen LogP contribution in [-0.2, 0) is 0 Å². The number of hydrogen-bond acceptors (Lipinski definition) is 3. The number of aromatic nitrogens is 2. The zero-order valence-electron chi connectivity index (χ0n) is 10.00. The summed E-state index contributed by atoms with van der Waals surface area (Å²) in [7, 11) is 0. The lowest BCUT2D eigenvalue weighted by atomic mass is 10.0. The first-order chi connectivity index (χ1) is 9.16. The molecule has 1 fully saturated rings. The third kappa shape index (κ3) is 2.54. The Kier molecular flexibility index (Phi) is 3.83. The Hall–Kier alpha value is -0.580. The zero-order valence-corrected chi connectivity index (χ0v) is 13.1.